The van der Waals surface area contributed by atoms with Gasteiger partial charge in [-0.05, 0) is 23.8 Å². The summed E-state index contributed by atoms with van der Waals surface area (Å²) in [7, 11) is -3.91. The molecule has 1 aromatic heterocycles. The van der Waals surface area contributed by atoms with Crippen molar-refractivity contribution >= 4 is 10.0 Å². The average Bonchev–Trinajstić information content (AvgIpc) is 2.59. The summed E-state index contributed by atoms with van der Waals surface area (Å²) in [4.78, 5) is 3.61. The highest BCUT2D eigenvalue weighted by molar-refractivity contribution is 7.89. The number of rotatable bonds is 6. The second-order valence-corrected chi connectivity index (χ2v) is 7.08. The Morgan fingerprint density at radius 2 is 1.88 bits per heavy atom. The standard InChI is InChI=1S/C16H14F3N3O3S/c1-2-22(26(23,24)15-7-13(8-20)9-21-10-15)11-12-3-5-14(6-4-12)25-16(17,18)19/h3-7,9-10H,2,11H2,1H3. The monoisotopic (exact) mass is 385 g/mol. The predicted molar refractivity (Wildman–Crippen MR) is 85.3 cm³/mol. The van der Waals surface area contributed by atoms with Crippen molar-refractivity contribution in [2.75, 3.05) is 6.54 Å². The number of ether oxygens (including phenoxy) is 1. The van der Waals surface area contributed by atoms with E-state index in [9.17, 15) is 21.6 Å². The Bertz CT molecular complexity index is 907. The molecule has 10 heteroatoms. The molecular weight excluding hydrogens is 371 g/mol. The Kier molecular flexibility index (Phi) is 5.84. The van der Waals surface area contributed by atoms with Gasteiger partial charge in [-0.1, -0.05) is 19.1 Å². The van der Waals surface area contributed by atoms with E-state index < -0.39 is 22.1 Å². The molecule has 0 bridgehead atoms. The van der Waals surface area contributed by atoms with Crippen LogP contribution in [0.25, 0.3) is 0 Å². The minimum absolute atomic E-state index is 0.0537. The zero-order chi connectivity index (χ0) is 19.4. The molecule has 0 saturated heterocycles. The molecule has 138 valence electrons. The van der Waals surface area contributed by atoms with E-state index in [1.165, 1.54) is 24.4 Å². The van der Waals surface area contributed by atoms with Crippen LogP contribution in [0.15, 0.2) is 47.6 Å². The molecule has 0 atom stereocenters. The van der Waals surface area contributed by atoms with Gasteiger partial charge in [0.05, 0.1) is 5.56 Å². The fourth-order valence-electron chi connectivity index (χ4n) is 2.14. The van der Waals surface area contributed by atoms with Crippen molar-refractivity contribution in [3.05, 3.63) is 53.9 Å². The van der Waals surface area contributed by atoms with Crippen molar-refractivity contribution in [3.63, 3.8) is 0 Å². The molecule has 0 fully saturated rings. The number of aromatic nitrogens is 1. The average molecular weight is 385 g/mol. The van der Waals surface area contributed by atoms with Gasteiger partial charge in [-0.2, -0.15) is 9.57 Å². The number of nitrogens with zero attached hydrogens (tertiary/aromatic N) is 3. The first-order valence-corrected chi connectivity index (χ1v) is 8.79. The maximum atomic E-state index is 12.7. The lowest BCUT2D eigenvalue weighted by molar-refractivity contribution is -0.274. The molecule has 2 aromatic rings. The molecule has 0 aliphatic carbocycles. The van der Waals surface area contributed by atoms with Crippen molar-refractivity contribution < 1.29 is 26.3 Å². The Morgan fingerprint density at radius 3 is 2.42 bits per heavy atom. The first-order valence-electron chi connectivity index (χ1n) is 7.35. The number of benzene rings is 1. The summed E-state index contributed by atoms with van der Waals surface area (Å²) in [5.74, 6) is -0.391. The molecule has 1 aromatic carbocycles. The van der Waals surface area contributed by atoms with E-state index in [-0.39, 0.29) is 23.5 Å². The number of alkyl halides is 3. The number of hydrogen-bond acceptors (Lipinski definition) is 5. The fourth-order valence-corrected chi connectivity index (χ4v) is 3.56. The topological polar surface area (TPSA) is 83.3 Å². The number of sulfonamides is 1. The lowest BCUT2D eigenvalue weighted by Gasteiger charge is -2.20. The van der Waals surface area contributed by atoms with Crippen LogP contribution in [0.1, 0.15) is 18.1 Å². The number of pyridine rings is 1. The third-order valence-corrected chi connectivity index (χ3v) is 5.23. The molecule has 0 saturated carbocycles. The van der Waals surface area contributed by atoms with Crippen LogP contribution in [-0.2, 0) is 16.6 Å². The highest BCUT2D eigenvalue weighted by atomic mass is 32.2. The van der Waals surface area contributed by atoms with Crippen molar-refractivity contribution in [3.8, 4) is 11.8 Å². The largest absolute Gasteiger partial charge is 0.573 e. The van der Waals surface area contributed by atoms with Crippen LogP contribution in [0.2, 0.25) is 0 Å². The summed E-state index contributed by atoms with van der Waals surface area (Å²) in [6, 6.07) is 7.96. The third-order valence-electron chi connectivity index (χ3n) is 3.35. The molecule has 0 unspecified atom stereocenters. The second-order valence-electron chi connectivity index (χ2n) is 5.14. The summed E-state index contributed by atoms with van der Waals surface area (Å²) in [6.07, 6.45) is -2.41. The first kappa shape index (κ1) is 19.7. The van der Waals surface area contributed by atoms with Crippen LogP contribution in [0.3, 0.4) is 0 Å². The van der Waals surface area contributed by atoms with Crippen LogP contribution < -0.4 is 4.74 Å². The van der Waals surface area contributed by atoms with E-state index in [2.05, 4.69) is 9.72 Å². The van der Waals surface area contributed by atoms with Crippen molar-refractivity contribution in [1.29, 1.82) is 5.26 Å². The Balaban J connectivity index is 2.21. The molecular formula is C16H14F3N3O3S. The molecule has 0 spiro atoms. The van der Waals surface area contributed by atoms with Crippen LogP contribution in [-0.4, -0.2) is 30.6 Å². The van der Waals surface area contributed by atoms with Crippen LogP contribution in [0, 0.1) is 11.3 Å². The van der Waals surface area contributed by atoms with Gasteiger partial charge in [-0.3, -0.25) is 4.98 Å². The number of hydrogen-bond donors (Lipinski definition) is 0. The molecule has 0 amide bonds. The molecule has 0 aliphatic rings. The summed E-state index contributed by atoms with van der Waals surface area (Å²) in [5.41, 5.74) is 0.588. The highest BCUT2D eigenvalue weighted by Crippen LogP contribution is 2.24. The zero-order valence-corrected chi connectivity index (χ0v) is 14.4. The van der Waals surface area contributed by atoms with Gasteiger partial charge >= 0.3 is 6.36 Å². The lowest BCUT2D eigenvalue weighted by atomic mass is 10.2. The fraction of sp³-hybridized carbons (Fsp3) is 0.250. The predicted octanol–water partition coefficient (Wildman–Crippen LogP) is 3.06. The smallest absolute Gasteiger partial charge is 0.406 e. The maximum absolute atomic E-state index is 12.7. The van der Waals surface area contributed by atoms with Crippen LogP contribution >= 0.6 is 0 Å². The van der Waals surface area contributed by atoms with E-state index in [0.717, 1.165) is 22.6 Å². The summed E-state index contributed by atoms with van der Waals surface area (Å²) < 4.78 is 66.8. The van der Waals surface area contributed by atoms with Gasteiger partial charge in [0, 0.05) is 25.5 Å². The maximum Gasteiger partial charge on any atom is 0.573 e. The summed E-state index contributed by atoms with van der Waals surface area (Å²) in [6.45, 7) is 1.70. The minimum Gasteiger partial charge on any atom is -0.406 e. The first-order chi connectivity index (χ1) is 12.2. The van der Waals surface area contributed by atoms with Gasteiger partial charge in [-0.15, -0.1) is 13.2 Å². The molecule has 2 rings (SSSR count). The minimum atomic E-state index is -4.79. The summed E-state index contributed by atoms with van der Waals surface area (Å²) >= 11 is 0. The zero-order valence-electron chi connectivity index (χ0n) is 13.6. The van der Waals surface area contributed by atoms with Gasteiger partial charge in [0.1, 0.15) is 16.7 Å². The Morgan fingerprint density at radius 1 is 1.23 bits per heavy atom. The second kappa shape index (κ2) is 7.72. The van der Waals surface area contributed by atoms with Crippen molar-refractivity contribution in [2.45, 2.75) is 24.7 Å². The van der Waals surface area contributed by atoms with E-state index in [4.69, 9.17) is 5.26 Å². The molecule has 0 radical (unpaired) electrons. The van der Waals surface area contributed by atoms with E-state index in [1.807, 2.05) is 6.07 Å². The van der Waals surface area contributed by atoms with Crippen LogP contribution in [0.4, 0.5) is 13.2 Å². The van der Waals surface area contributed by atoms with Crippen molar-refractivity contribution in [2.24, 2.45) is 0 Å². The summed E-state index contributed by atoms with van der Waals surface area (Å²) in [5, 5.41) is 8.88. The molecule has 6 nitrogen and oxygen atoms in total. The lowest BCUT2D eigenvalue weighted by Crippen LogP contribution is -2.30. The third kappa shape index (κ3) is 4.93. The molecule has 26 heavy (non-hydrogen) atoms. The van der Waals surface area contributed by atoms with Gasteiger partial charge in [0.2, 0.25) is 10.0 Å². The Labute approximate surface area is 148 Å². The Hall–Kier alpha value is -2.64. The SMILES string of the molecule is CCN(Cc1ccc(OC(F)(F)F)cc1)S(=O)(=O)c1cncc(C#N)c1. The number of halogens is 3. The van der Waals surface area contributed by atoms with E-state index >= 15 is 0 Å². The van der Waals surface area contributed by atoms with E-state index in [1.54, 1.807) is 6.92 Å². The van der Waals surface area contributed by atoms with Gasteiger partial charge in [0.25, 0.3) is 0 Å². The molecule has 0 aliphatic heterocycles. The van der Waals surface area contributed by atoms with Crippen LogP contribution in [0.5, 0.6) is 5.75 Å². The normalized spacial score (nSPS) is 12.0. The quantitative estimate of drug-likeness (QED) is 0.763. The number of nitriles is 1. The van der Waals surface area contributed by atoms with Gasteiger partial charge < -0.3 is 4.74 Å². The molecule has 1 heterocycles. The van der Waals surface area contributed by atoms with E-state index in [0.29, 0.717) is 5.56 Å². The van der Waals surface area contributed by atoms with Gasteiger partial charge in [0.15, 0.2) is 0 Å². The van der Waals surface area contributed by atoms with Gasteiger partial charge in [-0.25, -0.2) is 8.42 Å². The molecule has 0 N–H and O–H groups in total. The van der Waals surface area contributed by atoms with Crippen molar-refractivity contribution in [1.82, 2.24) is 9.29 Å². The highest BCUT2D eigenvalue weighted by Gasteiger charge is 2.31.